The molecule has 0 aliphatic heterocycles. The molecule has 1 heterocycles. The van der Waals surface area contributed by atoms with Crippen LogP contribution in [0.3, 0.4) is 0 Å². The monoisotopic (exact) mass is 410 g/mol. The molecule has 7 heteroatoms. The largest absolute Gasteiger partial charge is 0.349 e. The number of aryl methyl sites for hydroxylation is 1. The lowest BCUT2D eigenvalue weighted by molar-refractivity contribution is -0.890. The van der Waals surface area contributed by atoms with Crippen molar-refractivity contribution in [2.24, 2.45) is 0 Å². The third kappa shape index (κ3) is 5.92. The van der Waals surface area contributed by atoms with Crippen molar-refractivity contribution in [3.05, 3.63) is 65.7 Å². The predicted octanol–water partition coefficient (Wildman–Crippen LogP) is 2.13. The molecule has 29 heavy (non-hydrogen) atoms. The maximum atomic E-state index is 12.3. The molecular weight excluding hydrogens is 382 g/mol. The summed E-state index contributed by atoms with van der Waals surface area (Å²) < 4.78 is 0. The summed E-state index contributed by atoms with van der Waals surface area (Å²) in [6, 6.07) is 18.7. The number of thioether (sulfide) groups is 1. The van der Waals surface area contributed by atoms with E-state index in [-0.39, 0.29) is 17.7 Å². The molecule has 0 spiro atoms. The van der Waals surface area contributed by atoms with E-state index in [2.05, 4.69) is 65.8 Å². The van der Waals surface area contributed by atoms with Gasteiger partial charge in [0.25, 0.3) is 0 Å². The van der Waals surface area contributed by atoms with E-state index < -0.39 is 0 Å². The second kappa shape index (κ2) is 10.2. The van der Waals surface area contributed by atoms with Crippen molar-refractivity contribution >= 4 is 17.7 Å². The van der Waals surface area contributed by atoms with Gasteiger partial charge in [-0.25, -0.2) is 4.98 Å². The molecule has 1 aromatic heterocycles. The Labute approximate surface area is 176 Å². The van der Waals surface area contributed by atoms with Crippen LogP contribution in [0.15, 0.2) is 59.8 Å². The summed E-state index contributed by atoms with van der Waals surface area (Å²) in [5.74, 6) is 0.989. The lowest BCUT2D eigenvalue weighted by atomic mass is 10.1. The molecule has 6 nitrogen and oxygen atoms in total. The van der Waals surface area contributed by atoms with E-state index in [1.54, 1.807) is 0 Å². The highest BCUT2D eigenvalue weighted by Gasteiger charge is 2.18. The molecule has 3 N–H and O–H groups in total. The van der Waals surface area contributed by atoms with Crippen LogP contribution in [0, 0.1) is 0 Å². The molecule has 0 saturated carbocycles. The fraction of sp³-hybridized carbons (Fsp3) is 0.318. The second-order valence-corrected chi connectivity index (χ2v) is 8.09. The van der Waals surface area contributed by atoms with Gasteiger partial charge in [0.15, 0.2) is 5.82 Å². The first kappa shape index (κ1) is 21.1. The van der Waals surface area contributed by atoms with Crippen molar-refractivity contribution in [1.82, 2.24) is 20.5 Å². The number of nitrogens with zero attached hydrogens (tertiary/aromatic N) is 2. The molecule has 2 aromatic carbocycles. The number of benzene rings is 2. The topological polar surface area (TPSA) is 75.1 Å². The zero-order valence-corrected chi connectivity index (χ0v) is 17.9. The van der Waals surface area contributed by atoms with Gasteiger partial charge in [-0.05, 0) is 12.0 Å². The number of nitrogens with one attached hydrogen (secondary N) is 3. The quantitative estimate of drug-likeness (QED) is 0.473. The van der Waals surface area contributed by atoms with Gasteiger partial charge in [0, 0.05) is 11.1 Å². The van der Waals surface area contributed by atoms with Gasteiger partial charge in [-0.2, -0.15) is 0 Å². The Hall–Kier alpha value is -2.64. The number of rotatable bonds is 9. The average molecular weight is 411 g/mol. The normalized spacial score (nSPS) is 12.1. The number of carbonyl (C=O) groups is 1. The van der Waals surface area contributed by atoms with Gasteiger partial charge in [-0.15, -0.1) is 5.10 Å². The van der Waals surface area contributed by atoms with E-state index in [9.17, 15) is 4.79 Å². The van der Waals surface area contributed by atoms with Crippen LogP contribution in [0.5, 0.6) is 0 Å². The van der Waals surface area contributed by atoms with Crippen LogP contribution in [0.1, 0.15) is 24.1 Å². The Morgan fingerprint density at radius 2 is 1.86 bits per heavy atom. The van der Waals surface area contributed by atoms with Crippen LogP contribution >= 0.6 is 11.8 Å². The smallest absolute Gasteiger partial charge is 0.230 e. The van der Waals surface area contributed by atoms with Gasteiger partial charge in [0.05, 0.1) is 26.4 Å². The molecule has 0 saturated heterocycles. The van der Waals surface area contributed by atoms with E-state index in [1.807, 2.05) is 30.3 Å². The van der Waals surface area contributed by atoms with Crippen molar-refractivity contribution in [1.29, 1.82) is 0 Å². The first-order valence-electron chi connectivity index (χ1n) is 9.83. The first-order chi connectivity index (χ1) is 14.1. The number of carbonyl (C=O) groups excluding carboxylic acids is 1. The fourth-order valence-electron chi connectivity index (χ4n) is 3.08. The summed E-state index contributed by atoms with van der Waals surface area (Å²) in [6.07, 6.45) is 1.01. The van der Waals surface area contributed by atoms with Gasteiger partial charge < -0.3 is 10.2 Å². The van der Waals surface area contributed by atoms with Crippen molar-refractivity contribution < 1.29 is 9.69 Å². The molecule has 152 valence electrons. The number of aromatic amines is 1. The summed E-state index contributed by atoms with van der Waals surface area (Å²) in [5.41, 5.74) is 3.49. The van der Waals surface area contributed by atoms with Gasteiger partial charge in [-0.1, -0.05) is 73.3 Å². The molecule has 0 aliphatic carbocycles. The van der Waals surface area contributed by atoms with E-state index in [1.165, 1.54) is 27.8 Å². The maximum Gasteiger partial charge on any atom is 0.230 e. The molecule has 0 aliphatic rings. The summed E-state index contributed by atoms with van der Waals surface area (Å²) in [7, 11) is 4.20. The van der Waals surface area contributed by atoms with Crippen LogP contribution in [0.2, 0.25) is 0 Å². The molecule has 1 atom stereocenters. The minimum Gasteiger partial charge on any atom is -0.349 e. The molecule has 1 amide bonds. The van der Waals surface area contributed by atoms with Crippen LogP contribution in [-0.2, 0) is 11.2 Å². The number of aromatic nitrogens is 3. The van der Waals surface area contributed by atoms with E-state index >= 15 is 0 Å². The summed E-state index contributed by atoms with van der Waals surface area (Å²) in [5, 5.41) is 10.8. The Kier molecular flexibility index (Phi) is 7.43. The highest BCUT2D eigenvalue weighted by molar-refractivity contribution is 7.99. The Bertz CT molecular complexity index is 908. The summed E-state index contributed by atoms with van der Waals surface area (Å²) in [6.45, 7) is 2.72. The van der Waals surface area contributed by atoms with Crippen LogP contribution in [0.25, 0.3) is 11.4 Å². The Morgan fingerprint density at radius 3 is 2.52 bits per heavy atom. The van der Waals surface area contributed by atoms with Gasteiger partial charge in [0.2, 0.25) is 11.1 Å². The predicted molar refractivity (Wildman–Crippen MR) is 117 cm³/mol. The third-order valence-electron chi connectivity index (χ3n) is 4.84. The maximum absolute atomic E-state index is 12.3. The Morgan fingerprint density at radius 1 is 1.14 bits per heavy atom. The molecule has 0 bridgehead atoms. The van der Waals surface area contributed by atoms with E-state index in [4.69, 9.17) is 0 Å². The third-order valence-corrected chi connectivity index (χ3v) is 5.68. The lowest BCUT2D eigenvalue weighted by Crippen LogP contribution is -3.07. The first-order valence-corrected chi connectivity index (χ1v) is 10.8. The molecule has 0 radical (unpaired) electrons. The Balaban J connectivity index is 1.51. The standard InChI is InChI=1S/C22H27N5OS/c1-4-16-10-12-18(13-11-16)21-24-22(26-25-21)29-15-20(28)23-14-19(27(2)3)17-8-6-5-7-9-17/h5-13,19H,4,14-15H2,1-3H3,(H,23,28)(H,24,25,26)/p+1/t19-/m0/s1. The highest BCUT2D eigenvalue weighted by atomic mass is 32.2. The number of quaternary nitrogens is 1. The van der Waals surface area contributed by atoms with E-state index in [0.717, 1.165) is 17.8 Å². The fourth-order valence-corrected chi connectivity index (χ4v) is 3.70. The molecule has 3 aromatic rings. The van der Waals surface area contributed by atoms with Crippen LogP contribution in [0.4, 0.5) is 0 Å². The summed E-state index contributed by atoms with van der Waals surface area (Å²) in [4.78, 5) is 18.1. The number of hydrogen-bond donors (Lipinski definition) is 3. The van der Waals surface area contributed by atoms with Crippen LogP contribution < -0.4 is 10.2 Å². The lowest BCUT2D eigenvalue weighted by Gasteiger charge is -2.22. The second-order valence-electron chi connectivity index (χ2n) is 7.15. The highest BCUT2D eigenvalue weighted by Crippen LogP contribution is 2.19. The zero-order valence-electron chi connectivity index (χ0n) is 17.1. The molecular formula is C22H28N5OS+. The molecule has 0 unspecified atom stereocenters. The van der Waals surface area contributed by atoms with Crippen LogP contribution in [-0.4, -0.2) is 47.5 Å². The van der Waals surface area contributed by atoms with Crippen molar-refractivity contribution in [2.75, 3.05) is 26.4 Å². The SMILES string of the molecule is CCc1ccc(-c2nc(SCC(=O)NC[C@@H](c3ccccc3)[NH+](C)C)n[nH]2)cc1. The minimum atomic E-state index is -0.0178. The zero-order chi connectivity index (χ0) is 20.6. The van der Waals surface area contributed by atoms with Crippen molar-refractivity contribution in [2.45, 2.75) is 24.5 Å². The minimum absolute atomic E-state index is 0.0178. The van der Waals surface area contributed by atoms with Gasteiger partial charge in [0.1, 0.15) is 6.04 Å². The van der Waals surface area contributed by atoms with Gasteiger partial charge >= 0.3 is 0 Å². The summed E-state index contributed by atoms with van der Waals surface area (Å²) >= 11 is 1.34. The molecule has 0 fully saturated rings. The van der Waals surface area contributed by atoms with E-state index in [0.29, 0.717) is 11.7 Å². The number of likely N-dealkylation sites (N-methyl/N-ethyl adjacent to an activating group) is 1. The average Bonchev–Trinajstić information content (AvgIpc) is 3.22. The number of H-pyrrole nitrogens is 1. The van der Waals surface area contributed by atoms with Gasteiger partial charge in [-0.3, -0.25) is 9.89 Å². The molecule has 3 rings (SSSR count). The number of amides is 1. The van der Waals surface area contributed by atoms with Crippen molar-refractivity contribution in [3.8, 4) is 11.4 Å². The number of hydrogen-bond acceptors (Lipinski definition) is 4. The van der Waals surface area contributed by atoms with Crippen molar-refractivity contribution in [3.63, 3.8) is 0 Å².